The molecule has 1 saturated heterocycles. The molecule has 0 amide bonds. The Morgan fingerprint density at radius 3 is 2.62 bits per heavy atom. The Bertz CT molecular complexity index is 822. The summed E-state index contributed by atoms with van der Waals surface area (Å²) >= 11 is 0. The van der Waals surface area contributed by atoms with E-state index in [9.17, 15) is 15.0 Å². The van der Waals surface area contributed by atoms with Crippen molar-refractivity contribution in [3.63, 3.8) is 0 Å². The van der Waals surface area contributed by atoms with Crippen LogP contribution in [0.3, 0.4) is 0 Å². The lowest BCUT2D eigenvalue weighted by Gasteiger charge is -2.44. The highest BCUT2D eigenvalue weighted by Crippen LogP contribution is 2.63. The van der Waals surface area contributed by atoms with Crippen molar-refractivity contribution >= 4 is 5.97 Å². The van der Waals surface area contributed by atoms with Gasteiger partial charge in [0, 0.05) is 12.3 Å². The molecule has 0 bridgehead atoms. The average molecular weight is 405 g/mol. The van der Waals surface area contributed by atoms with Crippen molar-refractivity contribution < 1.29 is 29.2 Å². The molecule has 4 rings (SSSR count). The standard InChI is InChI=1S/C23H32O6/c1-13(2)23(26)9-8-21(3)12-18-22(4,29-18)11-17(19(21)23)28-20(25)14-6-7-15(24)16(10-14)27-5/h6-7,10,13,17-19,24,26H,8-9,11-12H2,1-5H3/t17-,18+,19-,21-,22-,23-/m1/s1. The van der Waals surface area contributed by atoms with Crippen molar-refractivity contribution in [3.05, 3.63) is 23.8 Å². The normalized spacial score (nSPS) is 40.7. The van der Waals surface area contributed by atoms with Crippen molar-refractivity contribution in [3.8, 4) is 11.5 Å². The Balaban J connectivity index is 1.67. The first-order valence-corrected chi connectivity index (χ1v) is 10.5. The highest BCUT2D eigenvalue weighted by molar-refractivity contribution is 5.90. The largest absolute Gasteiger partial charge is 0.504 e. The molecule has 2 saturated carbocycles. The van der Waals surface area contributed by atoms with Crippen molar-refractivity contribution in [1.82, 2.24) is 0 Å². The minimum Gasteiger partial charge on any atom is -0.504 e. The second-order valence-electron chi connectivity index (χ2n) is 9.94. The number of epoxide rings is 1. The topological polar surface area (TPSA) is 88.5 Å². The number of aliphatic hydroxyl groups is 1. The molecule has 3 aliphatic rings. The lowest BCUT2D eigenvalue weighted by atomic mass is 9.67. The summed E-state index contributed by atoms with van der Waals surface area (Å²) in [6.45, 7) is 8.36. The summed E-state index contributed by atoms with van der Waals surface area (Å²) in [6, 6.07) is 4.43. The maximum atomic E-state index is 13.0. The number of fused-ring (bicyclic) bond motifs is 2. The van der Waals surface area contributed by atoms with Gasteiger partial charge in [-0.05, 0) is 55.7 Å². The third-order valence-corrected chi connectivity index (χ3v) is 7.72. The van der Waals surface area contributed by atoms with E-state index in [1.165, 1.54) is 25.3 Å². The van der Waals surface area contributed by atoms with Crippen LogP contribution in [0.5, 0.6) is 11.5 Å². The number of esters is 1. The fourth-order valence-electron chi connectivity index (χ4n) is 5.84. The van der Waals surface area contributed by atoms with Gasteiger partial charge in [-0.2, -0.15) is 0 Å². The summed E-state index contributed by atoms with van der Waals surface area (Å²) < 4.78 is 17.2. The second-order valence-corrected chi connectivity index (χ2v) is 9.94. The first-order valence-electron chi connectivity index (χ1n) is 10.5. The molecular formula is C23H32O6. The van der Waals surface area contributed by atoms with Crippen molar-refractivity contribution in [2.45, 2.75) is 76.8 Å². The zero-order valence-electron chi connectivity index (χ0n) is 17.9. The maximum absolute atomic E-state index is 13.0. The number of phenolic OH excluding ortho intramolecular Hbond substituents is 1. The van der Waals surface area contributed by atoms with Crippen LogP contribution >= 0.6 is 0 Å². The van der Waals surface area contributed by atoms with E-state index in [1.54, 1.807) is 0 Å². The van der Waals surface area contributed by atoms with Gasteiger partial charge < -0.3 is 24.4 Å². The van der Waals surface area contributed by atoms with Crippen LogP contribution in [-0.4, -0.2) is 46.7 Å². The molecule has 0 radical (unpaired) electrons. The zero-order chi connectivity index (χ0) is 21.2. The predicted molar refractivity (Wildman–Crippen MR) is 107 cm³/mol. The molecule has 0 unspecified atom stereocenters. The number of rotatable bonds is 4. The molecule has 0 aromatic heterocycles. The molecule has 1 aromatic carbocycles. The summed E-state index contributed by atoms with van der Waals surface area (Å²) in [6.07, 6.45) is 2.76. The fourth-order valence-corrected chi connectivity index (χ4v) is 5.84. The van der Waals surface area contributed by atoms with E-state index in [4.69, 9.17) is 14.2 Å². The number of methoxy groups -OCH3 is 1. The smallest absolute Gasteiger partial charge is 0.338 e. The van der Waals surface area contributed by atoms with Gasteiger partial charge in [-0.3, -0.25) is 0 Å². The van der Waals surface area contributed by atoms with Crippen LogP contribution in [0.15, 0.2) is 18.2 Å². The van der Waals surface area contributed by atoms with Gasteiger partial charge in [-0.15, -0.1) is 0 Å². The minimum absolute atomic E-state index is 0.0298. The zero-order valence-corrected chi connectivity index (χ0v) is 17.9. The molecule has 6 nitrogen and oxygen atoms in total. The first-order chi connectivity index (χ1) is 13.5. The van der Waals surface area contributed by atoms with Crippen LogP contribution in [-0.2, 0) is 9.47 Å². The van der Waals surface area contributed by atoms with Crippen LogP contribution in [0.2, 0.25) is 0 Å². The summed E-state index contributed by atoms with van der Waals surface area (Å²) in [4.78, 5) is 13.0. The Hall–Kier alpha value is -1.79. The molecule has 2 N–H and O–H groups in total. The number of hydrogen-bond acceptors (Lipinski definition) is 6. The highest BCUT2D eigenvalue weighted by Gasteiger charge is 2.68. The molecule has 160 valence electrons. The lowest BCUT2D eigenvalue weighted by Crippen LogP contribution is -2.50. The summed E-state index contributed by atoms with van der Waals surface area (Å²) in [5.74, 6) is -0.366. The van der Waals surface area contributed by atoms with Crippen molar-refractivity contribution in [1.29, 1.82) is 0 Å². The minimum atomic E-state index is -0.876. The van der Waals surface area contributed by atoms with Gasteiger partial charge in [-0.1, -0.05) is 20.8 Å². The number of carbonyl (C=O) groups excluding carboxylic acids is 1. The molecule has 3 fully saturated rings. The van der Waals surface area contributed by atoms with Crippen molar-refractivity contribution in [2.24, 2.45) is 17.3 Å². The Morgan fingerprint density at radius 1 is 1.24 bits per heavy atom. The summed E-state index contributed by atoms with van der Waals surface area (Å²) in [5.41, 5.74) is -1.01. The molecule has 6 heteroatoms. The van der Waals surface area contributed by atoms with Gasteiger partial charge in [0.1, 0.15) is 6.10 Å². The molecule has 1 heterocycles. The number of aromatic hydroxyl groups is 1. The predicted octanol–water partition coefficient (Wildman–Crippen LogP) is 3.68. The van der Waals surface area contributed by atoms with Gasteiger partial charge in [0.2, 0.25) is 0 Å². The summed E-state index contributed by atoms with van der Waals surface area (Å²) in [5, 5.41) is 21.4. The molecule has 0 spiro atoms. The van der Waals surface area contributed by atoms with Crippen LogP contribution in [0.25, 0.3) is 0 Å². The van der Waals surface area contributed by atoms with E-state index < -0.39 is 17.7 Å². The van der Waals surface area contributed by atoms with E-state index in [0.717, 1.165) is 12.8 Å². The van der Waals surface area contributed by atoms with Crippen molar-refractivity contribution in [2.75, 3.05) is 7.11 Å². The number of ether oxygens (including phenoxy) is 3. The number of carbonyl (C=O) groups is 1. The van der Waals surface area contributed by atoms with E-state index >= 15 is 0 Å². The van der Waals surface area contributed by atoms with Gasteiger partial charge in [0.25, 0.3) is 0 Å². The Labute approximate surface area is 172 Å². The number of phenols is 1. The third-order valence-electron chi connectivity index (χ3n) is 7.72. The van der Waals surface area contributed by atoms with E-state index in [1.807, 2.05) is 13.8 Å². The molecule has 6 atom stereocenters. The molecular weight excluding hydrogens is 372 g/mol. The molecule has 29 heavy (non-hydrogen) atoms. The number of hydrogen-bond donors (Lipinski definition) is 2. The first kappa shape index (κ1) is 20.5. The van der Waals surface area contributed by atoms with Gasteiger partial charge in [0.15, 0.2) is 11.5 Å². The van der Waals surface area contributed by atoms with E-state index in [2.05, 4.69) is 13.8 Å². The fraction of sp³-hybridized carbons (Fsp3) is 0.696. The second kappa shape index (κ2) is 6.61. The van der Waals surface area contributed by atoms with Crippen LogP contribution in [0.1, 0.15) is 63.7 Å². The molecule has 1 aromatic rings. The monoisotopic (exact) mass is 404 g/mol. The highest BCUT2D eigenvalue weighted by atomic mass is 16.6. The maximum Gasteiger partial charge on any atom is 0.338 e. The van der Waals surface area contributed by atoms with Gasteiger partial charge >= 0.3 is 5.97 Å². The van der Waals surface area contributed by atoms with E-state index in [0.29, 0.717) is 18.4 Å². The van der Waals surface area contributed by atoms with Gasteiger partial charge in [-0.25, -0.2) is 4.79 Å². The van der Waals surface area contributed by atoms with Crippen LogP contribution < -0.4 is 4.74 Å². The van der Waals surface area contributed by atoms with Gasteiger partial charge in [0.05, 0.1) is 30.0 Å². The Morgan fingerprint density at radius 2 is 1.97 bits per heavy atom. The Kier molecular flexibility index (Phi) is 4.67. The SMILES string of the molecule is COc1cc(C(=O)O[C@@H]2C[C@@]3(C)O[C@H]3C[C@@]3(C)CC[C@@](O)(C(C)C)[C@H]23)ccc1O. The van der Waals surface area contributed by atoms with E-state index in [-0.39, 0.29) is 40.5 Å². The van der Waals surface area contributed by atoms with Crippen LogP contribution in [0, 0.1) is 17.3 Å². The number of benzene rings is 1. The lowest BCUT2D eigenvalue weighted by molar-refractivity contribution is -0.120. The average Bonchev–Trinajstić information content (AvgIpc) is 3.19. The molecule has 2 aliphatic carbocycles. The molecule has 1 aliphatic heterocycles. The third kappa shape index (κ3) is 3.21. The van der Waals surface area contributed by atoms with Crippen LogP contribution in [0.4, 0.5) is 0 Å². The summed E-state index contributed by atoms with van der Waals surface area (Å²) in [7, 11) is 1.44. The quantitative estimate of drug-likeness (QED) is 0.588.